The molecule has 2 N–H and O–H groups in total. The summed E-state index contributed by atoms with van der Waals surface area (Å²) in [6, 6.07) is 10.2. The van der Waals surface area contributed by atoms with E-state index < -0.39 is 29.5 Å². The van der Waals surface area contributed by atoms with Crippen LogP contribution in [0.3, 0.4) is 0 Å². The molecule has 11 rings (SSSR count). The van der Waals surface area contributed by atoms with Gasteiger partial charge in [0.1, 0.15) is 23.4 Å². The van der Waals surface area contributed by atoms with Crippen LogP contribution in [-0.2, 0) is 46.3 Å². The van der Waals surface area contributed by atoms with E-state index >= 15 is 4.79 Å². The lowest BCUT2D eigenvalue weighted by molar-refractivity contribution is -0.156. The third-order valence-electron chi connectivity index (χ3n) is 17.2. The molecule has 2 amide bonds. The molecule has 75 heavy (non-hydrogen) atoms. The molecule has 5 fully saturated rings. The number of likely N-dealkylation sites (tertiary alicyclic amines) is 2. The predicted molar refractivity (Wildman–Crippen MR) is 285 cm³/mol. The van der Waals surface area contributed by atoms with Crippen LogP contribution in [0.15, 0.2) is 60.5 Å². The molecule has 1 spiro atoms. The van der Waals surface area contributed by atoms with E-state index in [2.05, 4.69) is 106 Å². The number of hydrazine groups is 1. The van der Waals surface area contributed by atoms with Crippen molar-refractivity contribution in [3.05, 3.63) is 82.5 Å². The van der Waals surface area contributed by atoms with Gasteiger partial charge in [0.2, 0.25) is 5.91 Å². The lowest BCUT2D eigenvalue weighted by Crippen LogP contribution is -2.70. The van der Waals surface area contributed by atoms with Gasteiger partial charge in [0.25, 0.3) is 5.91 Å². The third-order valence-corrected chi connectivity index (χ3v) is 18.1. The van der Waals surface area contributed by atoms with Crippen molar-refractivity contribution >= 4 is 40.0 Å². The first-order valence-corrected chi connectivity index (χ1v) is 28.0. The number of ether oxygens (including phenoxy) is 4. The first-order valence-electron chi connectivity index (χ1n) is 27.1. The van der Waals surface area contributed by atoms with E-state index in [1.165, 1.54) is 17.7 Å². The van der Waals surface area contributed by atoms with Crippen LogP contribution in [-0.4, -0.2) is 147 Å². The molecule has 17 nitrogen and oxygen atoms in total. The van der Waals surface area contributed by atoms with Gasteiger partial charge in [-0.1, -0.05) is 26.8 Å². The van der Waals surface area contributed by atoms with Gasteiger partial charge in [0.05, 0.1) is 54.1 Å². The molecule has 6 aliphatic rings. The number of hydrogen-bond donors (Lipinski definition) is 2. The van der Waals surface area contributed by atoms with Crippen LogP contribution >= 0.6 is 11.3 Å². The summed E-state index contributed by atoms with van der Waals surface area (Å²) < 4.78 is 27.4. The number of likely N-dealkylation sites (N-methyl/N-ethyl adjacent to an activating group) is 1. The molecule has 5 aromatic rings. The number of nitrogens with one attached hydrogen (secondary N) is 2. The largest absolute Gasteiger partial charge is 0.464 e. The molecule has 18 heteroatoms. The fraction of sp³-hybridized carbons (Fsp3) is 0.596. The number of esters is 1. The second kappa shape index (κ2) is 20.6. The zero-order valence-corrected chi connectivity index (χ0v) is 45.7. The highest BCUT2D eigenvalue weighted by atomic mass is 32.1. The maximum absolute atomic E-state index is 15.5. The smallest absolute Gasteiger partial charge is 0.324 e. The number of aromatic nitrogens is 5. The lowest BCUT2D eigenvalue weighted by Gasteiger charge is -2.55. The molecular weight excluding hydrogens is 969 g/mol. The summed E-state index contributed by atoms with van der Waals surface area (Å²) in [5.41, 5.74) is 9.98. The van der Waals surface area contributed by atoms with Crippen LogP contribution in [0, 0.1) is 17.3 Å². The van der Waals surface area contributed by atoms with Crippen LogP contribution in [0.4, 0.5) is 0 Å². The van der Waals surface area contributed by atoms with Crippen molar-refractivity contribution in [1.82, 2.24) is 50.1 Å². The standard InChI is InChI=1S/C57H74N10O7S/c1-34-45(41-16-20-58-33-60-41)46(34)51(68)62-48-50(65-30-57(31-65)18-11-21-64(57)7)52-61-43(29-75-52)36-14-15-44-39(26-36)40(28-55(3,4)32-73-54(70)42-13-10-22-67(63-42)53(48)69)49(38-12-9-19-59-47(38)35(2)71-8)66(44)23-25-72-37-17-24-74-56(5,6)27-37/h9,12,14-16,19-20,26,29,33-35,37,42,45-46,48,50,63H,10-11,13,17-18,21-25,27-28,30-32H2,1-8H3,(H,62,68)/t34-,35-,37-,42-,45-,46+,48-,50-/m0/s1. The Morgan fingerprint density at radius 1 is 1.05 bits per heavy atom. The molecule has 4 aromatic heterocycles. The fourth-order valence-corrected chi connectivity index (χ4v) is 13.9. The number of cyclic esters (lactones) is 1. The van der Waals surface area contributed by atoms with Crippen molar-refractivity contribution in [3.63, 3.8) is 0 Å². The van der Waals surface area contributed by atoms with E-state index in [0.29, 0.717) is 45.6 Å². The molecule has 1 saturated carbocycles. The van der Waals surface area contributed by atoms with Crippen LogP contribution in [0.2, 0.25) is 0 Å². The normalized spacial score (nSPS) is 28.2. The second-order valence-corrected chi connectivity index (χ2v) is 24.5. The third kappa shape index (κ3) is 10.2. The number of thiazole rings is 1. The molecular formula is C57H74N10O7S. The molecule has 0 radical (unpaired) electrons. The lowest BCUT2D eigenvalue weighted by atomic mass is 9.84. The Bertz CT molecular complexity index is 2920. The first kappa shape index (κ1) is 51.9. The minimum absolute atomic E-state index is 0.0188. The number of fused-ring (bicyclic) bond motifs is 6. The van der Waals surface area contributed by atoms with Gasteiger partial charge < -0.3 is 28.8 Å². The number of benzene rings is 1. The number of carbonyl (C=O) groups is 3. The quantitative estimate of drug-likeness (QED) is 0.126. The van der Waals surface area contributed by atoms with E-state index in [9.17, 15) is 9.59 Å². The zero-order valence-electron chi connectivity index (χ0n) is 44.8. The first-order chi connectivity index (χ1) is 36.0. The zero-order chi connectivity index (χ0) is 52.4. The Hall–Kier alpha value is -5.21. The van der Waals surface area contributed by atoms with Gasteiger partial charge in [-0.3, -0.25) is 34.2 Å². The van der Waals surface area contributed by atoms with Crippen LogP contribution in [0.1, 0.15) is 120 Å². The van der Waals surface area contributed by atoms with Crippen molar-refractivity contribution in [3.8, 4) is 22.5 Å². The van der Waals surface area contributed by atoms with Gasteiger partial charge in [-0.25, -0.2) is 20.4 Å². The van der Waals surface area contributed by atoms with Gasteiger partial charge in [-0.2, -0.15) is 0 Å². The number of hydrogen-bond acceptors (Lipinski definition) is 15. The average molecular weight is 1040 g/mol. The Morgan fingerprint density at radius 3 is 2.65 bits per heavy atom. The van der Waals surface area contributed by atoms with Gasteiger partial charge in [-0.15, -0.1) is 11.3 Å². The number of nitrogens with zero attached hydrogens (tertiary/aromatic N) is 8. The molecule has 6 bridgehead atoms. The van der Waals surface area contributed by atoms with Crippen molar-refractivity contribution in [2.24, 2.45) is 17.3 Å². The van der Waals surface area contributed by atoms with Crippen LogP contribution < -0.4 is 10.7 Å². The highest BCUT2D eigenvalue weighted by Gasteiger charge is 2.57. The Labute approximate surface area is 444 Å². The van der Waals surface area contributed by atoms with E-state index in [0.717, 1.165) is 101 Å². The highest BCUT2D eigenvalue weighted by molar-refractivity contribution is 7.10. The number of carbonyl (C=O) groups excluding carboxylic acids is 3. The van der Waals surface area contributed by atoms with Crippen LogP contribution in [0.5, 0.6) is 0 Å². The highest BCUT2D eigenvalue weighted by Crippen LogP contribution is 2.53. The molecule has 1 aromatic carbocycles. The maximum atomic E-state index is 15.5. The van der Waals surface area contributed by atoms with Crippen molar-refractivity contribution in [1.29, 1.82) is 0 Å². The summed E-state index contributed by atoms with van der Waals surface area (Å²) in [6.07, 6.45) is 10.3. The average Bonchev–Trinajstić information content (AvgIpc) is 3.69. The monoisotopic (exact) mass is 1040 g/mol. The number of amides is 2. The Morgan fingerprint density at radius 2 is 1.89 bits per heavy atom. The second-order valence-electron chi connectivity index (χ2n) is 23.6. The summed E-state index contributed by atoms with van der Waals surface area (Å²) in [5, 5.41) is 8.79. The molecule has 5 aliphatic heterocycles. The molecule has 4 saturated heterocycles. The summed E-state index contributed by atoms with van der Waals surface area (Å²) in [6.45, 7) is 17.3. The van der Waals surface area contributed by atoms with Gasteiger partial charge in [0.15, 0.2) is 0 Å². The van der Waals surface area contributed by atoms with Gasteiger partial charge in [0, 0.05) is 115 Å². The van der Waals surface area contributed by atoms with Crippen LogP contribution in [0.25, 0.3) is 33.4 Å². The molecule has 1 aliphatic carbocycles. The number of methoxy groups -OCH3 is 1. The summed E-state index contributed by atoms with van der Waals surface area (Å²) in [7, 11) is 3.90. The number of rotatable bonds is 11. The Kier molecular flexibility index (Phi) is 14.3. The van der Waals surface area contributed by atoms with Gasteiger partial charge >= 0.3 is 5.97 Å². The molecule has 8 atom stereocenters. The topological polar surface area (TPSA) is 178 Å². The van der Waals surface area contributed by atoms with Crippen molar-refractivity contribution in [2.75, 3.05) is 60.2 Å². The molecule has 0 unspecified atom stereocenters. The summed E-state index contributed by atoms with van der Waals surface area (Å²) in [5.74, 6) is -1.38. The SMILES string of the molecule is CO[C@@H](C)c1ncccc1-c1c2c3cc(ccc3n1CCO[C@H]1CCOC(C)(C)C1)-c1csc(n1)[C@@H](N1CC3(CCCN3C)C1)[C@H](NC(=O)[C@@H]1[C@@H](C)[C@H]1c1ccncn1)C(=O)N1CCC[C@H](N1)C(=O)OCC(C)(C)C2. The van der Waals surface area contributed by atoms with Crippen molar-refractivity contribution in [2.45, 2.75) is 140 Å². The predicted octanol–water partition coefficient (Wildman–Crippen LogP) is 7.28. The van der Waals surface area contributed by atoms with Gasteiger partial charge in [-0.05, 0) is 115 Å². The minimum Gasteiger partial charge on any atom is -0.464 e. The molecule has 400 valence electrons. The van der Waals surface area contributed by atoms with Crippen molar-refractivity contribution < 1.29 is 33.3 Å². The molecule has 9 heterocycles. The number of pyridine rings is 1. The van der Waals surface area contributed by atoms with E-state index in [1.807, 2.05) is 25.3 Å². The summed E-state index contributed by atoms with van der Waals surface area (Å²) in [4.78, 5) is 68.4. The van der Waals surface area contributed by atoms with E-state index in [1.54, 1.807) is 18.3 Å². The fourth-order valence-electron chi connectivity index (χ4n) is 13.0. The maximum Gasteiger partial charge on any atom is 0.324 e. The summed E-state index contributed by atoms with van der Waals surface area (Å²) >= 11 is 1.52. The van der Waals surface area contributed by atoms with E-state index in [4.69, 9.17) is 28.9 Å². The minimum atomic E-state index is -1.03. The van der Waals surface area contributed by atoms with E-state index in [-0.39, 0.29) is 59.5 Å². The Balaban J connectivity index is 1.04.